The summed E-state index contributed by atoms with van der Waals surface area (Å²) in [6.45, 7) is 62.8. The van der Waals surface area contributed by atoms with Gasteiger partial charge in [0.2, 0.25) is 0 Å². The maximum atomic E-state index is 12.3. The highest BCUT2D eigenvalue weighted by molar-refractivity contribution is 4.89. The number of hydrogen-bond donors (Lipinski definition) is 0. The summed E-state index contributed by atoms with van der Waals surface area (Å²) in [4.78, 5) is 0. The van der Waals surface area contributed by atoms with E-state index in [0.717, 1.165) is 11.8 Å². The summed E-state index contributed by atoms with van der Waals surface area (Å²) in [5, 5.41) is 0. The highest BCUT2D eigenvalue weighted by Gasteiger charge is 2.55. The van der Waals surface area contributed by atoms with Crippen molar-refractivity contribution in [2.75, 3.05) is 0 Å². The normalized spacial score (nSPS) is 16.2. The molecule has 0 amide bonds. The summed E-state index contributed by atoms with van der Waals surface area (Å²) in [5.41, 5.74) is -5.54. The number of alkyl halides is 24. The molecule has 0 aromatic heterocycles. The van der Waals surface area contributed by atoms with E-state index in [2.05, 4.69) is 41.5 Å². The van der Waals surface area contributed by atoms with E-state index >= 15 is 0 Å². The van der Waals surface area contributed by atoms with Crippen LogP contribution in [0.4, 0.5) is 105 Å². The molecule has 0 bridgehead atoms. The van der Waals surface area contributed by atoms with Gasteiger partial charge in [0, 0.05) is 12.8 Å². The summed E-state index contributed by atoms with van der Waals surface area (Å²) < 4.78 is 289. The van der Waals surface area contributed by atoms with Gasteiger partial charge in [-0.15, -0.1) is 0 Å². The first kappa shape index (κ1) is 112. The fraction of sp³-hybridized carbons (Fsp3) is 1.00. The molecule has 0 saturated heterocycles. The van der Waals surface area contributed by atoms with Crippen LogP contribution in [0.3, 0.4) is 0 Å². The summed E-state index contributed by atoms with van der Waals surface area (Å²) in [7, 11) is 0. The Hall–Kier alpha value is -1.68. The molecular weight excluding hydrogens is 1310 g/mol. The molecule has 0 heterocycles. The monoisotopic (exact) mass is 1450 g/mol. The third kappa shape index (κ3) is 52.0. The predicted molar refractivity (Wildman–Crippen MR) is 348 cm³/mol. The minimum absolute atomic E-state index is 0.0362. The average molecular weight is 1450 g/mol. The molecule has 0 nitrogen and oxygen atoms in total. The third-order valence-corrected chi connectivity index (χ3v) is 20.7. The first-order chi connectivity index (χ1) is 40.6. The molecule has 0 spiro atoms. The minimum atomic E-state index is -4.12. The van der Waals surface area contributed by atoms with Gasteiger partial charge in [0.05, 0.1) is 34.5 Å². The van der Waals surface area contributed by atoms with E-state index in [1.165, 1.54) is 55.4 Å². The van der Waals surface area contributed by atoms with Crippen molar-refractivity contribution in [2.45, 2.75) is 344 Å². The number of hydrogen-bond acceptors (Lipinski definition) is 0. The molecule has 0 aromatic rings. The highest BCUT2D eigenvalue weighted by Crippen LogP contribution is 2.51. The lowest BCUT2D eigenvalue weighted by Gasteiger charge is -2.40. The van der Waals surface area contributed by atoms with E-state index in [-0.39, 0.29) is 41.4 Å². The lowest BCUT2D eigenvalue weighted by molar-refractivity contribution is -0.244. The second-order valence-electron chi connectivity index (χ2n) is 32.8. The van der Waals surface area contributed by atoms with Crippen LogP contribution in [0.2, 0.25) is 0 Å². The Morgan fingerprint density at radius 2 is 0.558 bits per heavy atom. The lowest BCUT2D eigenvalue weighted by Crippen LogP contribution is -2.43. The van der Waals surface area contributed by atoms with Gasteiger partial charge < -0.3 is 0 Å². The quantitative estimate of drug-likeness (QED) is 0.152. The Morgan fingerprint density at radius 1 is 0.295 bits per heavy atom. The Labute approximate surface area is 562 Å². The van der Waals surface area contributed by atoms with E-state index < -0.39 is 118 Å². The minimum Gasteiger partial charge on any atom is -0.171 e. The molecule has 24 heteroatoms. The van der Waals surface area contributed by atoms with Gasteiger partial charge in [-0.3, -0.25) is 0 Å². The van der Waals surface area contributed by atoms with E-state index in [1.54, 1.807) is 118 Å². The molecule has 95 heavy (non-hydrogen) atoms. The summed E-state index contributed by atoms with van der Waals surface area (Å²) >= 11 is 0. The topological polar surface area (TPSA) is 0 Å². The van der Waals surface area contributed by atoms with Crippen molar-refractivity contribution in [3.05, 3.63) is 0 Å². The zero-order valence-corrected chi connectivity index (χ0v) is 65.3. The van der Waals surface area contributed by atoms with Crippen molar-refractivity contribution in [1.29, 1.82) is 0 Å². The van der Waals surface area contributed by atoms with Crippen LogP contribution in [-0.4, -0.2) is 49.4 Å². The molecule has 0 aliphatic rings. The van der Waals surface area contributed by atoms with Gasteiger partial charge in [-0.2, -0.15) is 105 Å². The zero-order valence-electron chi connectivity index (χ0n) is 65.3. The van der Waals surface area contributed by atoms with Crippen LogP contribution in [-0.2, 0) is 0 Å². The second kappa shape index (κ2) is 43.3. The summed E-state index contributed by atoms with van der Waals surface area (Å²) in [6, 6.07) is 0. The molecule has 0 rings (SSSR count). The summed E-state index contributed by atoms with van der Waals surface area (Å²) in [5.74, 6) is -3.99. The number of halogens is 24. The Bertz CT molecular complexity index is 1750. The van der Waals surface area contributed by atoms with Crippen molar-refractivity contribution >= 4 is 0 Å². The van der Waals surface area contributed by atoms with Gasteiger partial charge >= 0.3 is 49.4 Å². The fourth-order valence-electron chi connectivity index (χ4n) is 6.77. The Morgan fingerprint density at radius 3 is 0.611 bits per heavy atom. The molecule has 0 aliphatic heterocycles. The van der Waals surface area contributed by atoms with E-state index in [0.29, 0.717) is 31.1 Å². The van der Waals surface area contributed by atoms with Gasteiger partial charge in [0.25, 0.3) is 0 Å². The first-order valence-electron chi connectivity index (χ1n) is 33.2. The van der Waals surface area contributed by atoms with Crippen molar-refractivity contribution < 1.29 is 105 Å². The Kier molecular flexibility index (Phi) is 51.0. The number of rotatable bonds is 14. The molecule has 8 atom stereocenters. The maximum absolute atomic E-state index is 12.3. The van der Waals surface area contributed by atoms with Gasteiger partial charge in [-0.05, 0) is 80.3 Å². The van der Waals surface area contributed by atoms with Crippen molar-refractivity contribution in [1.82, 2.24) is 0 Å². The molecule has 0 N–H and O–H groups in total. The van der Waals surface area contributed by atoms with Crippen molar-refractivity contribution in [2.24, 2.45) is 115 Å². The largest absolute Gasteiger partial charge is 0.394 e. The van der Waals surface area contributed by atoms with E-state index in [1.807, 2.05) is 41.5 Å². The smallest absolute Gasteiger partial charge is 0.171 e. The molecule has 0 radical (unpaired) electrons. The molecule has 0 saturated carbocycles. The highest BCUT2D eigenvalue weighted by atomic mass is 19.4. The standard InChI is InChI=1S/C9H17F3.C9H20.4C8H15F3.3C7H13F3/c1-6(2)8(4,5)7(3)9(10,11)12;1-7(2)8(3)9(4,5)6;2*1-6(2,3)7(4,5)8(9,10)11;2*1-5(2)6(3)7(4)8(9,10)11;1-4-6(2,3)5-7(8,9)10;1-4-5(2)6(3)7(8,9)10;1-3-6(4-2)5-7(8,9)10/h6-7H,1-5H3;7-8H,1-6H3;2*1-5H3;2*5-7H,1-4H3;4-5H2,1-3H3;5-6H,4H2,1-3H3;6H,3-5H2,1-2H3/t;8-;;;2*6-,7?;;5?,6-;/m.1..11.1./s1. The van der Waals surface area contributed by atoms with Gasteiger partial charge in [0.15, 0.2) is 0 Å². The van der Waals surface area contributed by atoms with Crippen LogP contribution in [0, 0.1) is 115 Å². The van der Waals surface area contributed by atoms with Crippen LogP contribution in [0.25, 0.3) is 0 Å². The predicted octanol–water partition coefficient (Wildman–Crippen LogP) is 31.4. The third-order valence-electron chi connectivity index (χ3n) is 20.7. The van der Waals surface area contributed by atoms with Crippen LogP contribution >= 0.6 is 0 Å². The van der Waals surface area contributed by atoms with Gasteiger partial charge in [-0.25, -0.2) is 0 Å². The molecule has 588 valence electrons. The lowest BCUT2D eigenvalue weighted by atomic mass is 9.69. The molecule has 0 fully saturated rings. The molecule has 0 aromatic carbocycles. The van der Waals surface area contributed by atoms with Crippen LogP contribution in [0.1, 0.15) is 295 Å². The van der Waals surface area contributed by atoms with Crippen molar-refractivity contribution in [3.63, 3.8) is 0 Å². The van der Waals surface area contributed by atoms with Crippen LogP contribution in [0.5, 0.6) is 0 Å². The zero-order chi connectivity index (χ0) is 80.2. The average Bonchev–Trinajstić information content (AvgIpc) is 0.801. The maximum Gasteiger partial charge on any atom is 0.394 e. The SMILES string of the molecule is CC(C)(C)C(C)(C)C(F)(F)F.CC(C)(C)C(C)(C)C(F)(F)F.CC(C)C(C)(C)C(C)C(F)(F)F.CC(C)[C@@H](C)C(C)(C)C.CC(C)[C@@H](C)C(C)C(F)(F)F.CC(C)[C@@H](C)C(C)C(F)(F)F.CCC(C)(C)CC(F)(F)F.CCC(C)[C@@H](C)C(F)(F)F.CCC(CC)CC(F)(F)F. The second-order valence-corrected chi connectivity index (χ2v) is 32.8. The molecule has 0 aliphatic carbocycles. The van der Waals surface area contributed by atoms with Gasteiger partial charge in [0.1, 0.15) is 0 Å². The Balaban J connectivity index is -0.000000125. The molecular formula is C71H136F24. The van der Waals surface area contributed by atoms with Crippen LogP contribution < -0.4 is 0 Å². The van der Waals surface area contributed by atoms with Crippen LogP contribution in [0.15, 0.2) is 0 Å². The van der Waals surface area contributed by atoms with Crippen molar-refractivity contribution in [3.8, 4) is 0 Å². The first-order valence-corrected chi connectivity index (χ1v) is 33.2. The fourth-order valence-corrected chi connectivity index (χ4v) is 6.77. The van der Waals surface area contributed by atoms with E-state index in [9.17, 15) is 105 Å². The van der Waals surface area contributed by atoms with E-state index in [4.69, 9.17) is 0 Å². The van der Waals surface area contributed by atoms with Gasteiger partial charge in [-0.1, -0.05) is 282 Å². The molecule has 4 unspecified atom stereocenters. The summed E-state index contributed by atoms with van der Waals surface area (Å²) in [6.07, 6.45) is -31.3.